The van der Waals surface area contributed by atoms with Gasteiger partial charge in [-0.15, -0.1) is 11.8 Å². The number of rotatable bonds is 11. The molecule has 0 spiro atoms. The van der Waals surface area contributed by atoms with E-state index in [1.807, 2.05) is 19.2 Å². The number of unbranched alkanes of at least 4 members (excludes halogenated alkanes) is 5. The molecule has 0 saturated carbocycles. The van der Waals surface area contributed by atoms with E-state index in [0.717, 1.165) is 10.6 Å². The number of hydrogen-bond donors (Lipinski definition) is 1. The molecule has 1 rings (SSSR count). The summed E-state index contributed by atoms with van der Waals surface area (Å²) in [6, 6.07) is 7.51. The molecule has 0 fully saturated rings. The molecule has 0 aromatic heterocycles. The van der Waals surface area contributed by atoms with Gasteiger partial charge in [0, 0.05) is 16.7 Å². The maximum atomic E-state index is 13.5. The Hall–Kier alpha value is -0.540. The first-order valence-corrected chi connectivity index (χ1v) is 8.81. The highest BCUT2D eigenvalue weighted by Crippen LogP contribution is 2.23. The molecule has 0 aliphatic rings. The molecule has 0 heterocycles. The van der Waals surface area contributed by atoms with Crippen LogP contribution in [-0.4, -0.2) is 18.8 Å². The van der Waals surface area contributed by atoms with Crippen molar-refractivity contribution in [1.29, 1.82) is 0 Å². The zero-order valence-corrected chi connectivity index (χ0v) is 13.6. The Balaban J connectivity index is 2.18. The quantitative estimate of drug-likeness (QED) is 0.442. The van der Waals surface area contributed by atoms with E-state index in [4.69, 9.17) is 0 Å². The molecule has 1 unspecified atom stereocenters. The van der Waals surface area contributed by atoms with E-state index in [9.17, 15) is 4.39 Å². The molecule has 1 N–H and O–H groups in total. The van der Waals surface area contributed by atoms with E-state index in [-0.39, 0.29) is 5.82 Å². The molecule has 0 radical (unpaired) electrons. The van der Waals surface area contributed by atoms with Crippen molar-refractivity contribution in [2.24, 2.45) is 0 Å². The van der Waals surface area contributed by atoms with Crippen molar-refractivity contribution in [3.05, 3.63) is 30.1 Å². The Kier molecular flexibility index (Phi) is 9.77. The lowest BCUT2D eigenvalue weighted by Gasteiger charge is -2.15. The molecular weight excluding hydrogens is 269 g/mol. The van der Waals surface area contributed by atoms with Gasteiger partial charge in [0.05, 0.1) is 0 Å². The normalized spacial score (nSPS) is 12.6. The van der Waals surface area contributed by atoms with Crippen molar-refractivity contribution in [3.63, 3.8) is 0 Å². The standard InChI is InChI=1S/C17H28FNS/c1-3-4-5-6-7-8-11-15(19-2)14-20-17-13-10-9-12-16(17)18/h9-10,12-13,15,19H,3-8,11,14H2,1-2H3. The average molecular weight is 297 g/mol. The number of halogens is 1. The molecule has 1 aromatic carbocycles. The number of nitrogens with one attached hydrogen (secondary N) is 1. The topological polar surface area (TPSA) is 12.0 Å². The van der Waals surface area contributed by atoms with Crippen molar-refractivity contribution in [2.75, 3.05) is 12.8 Å². The highest BCUT2D eigenvalue weighted by atomic mass is 32.2. The van der Waals surface area contributed by atoms with Crippen LogP contribution in [0.2, 0.25) is 0 Å². The monoisotopic (exact) mass is 297 g/mol. The predicted molar refractivity (Wildman–Crippen MR) is 88.0 cm³/mol. The summed E-state index contributed by atoms with van der Waals surface area (Å²) in [5, 5.41) is 3.35. The molecule has 0 aliphatic heterocycles. The summed E-state index contributed by atoms with van der Waals surface area (Å²) in [6.07, 6.45) is 9.16. The van der Waals surface area contributed by atoms with Crippen LogP contribution >= 0.6 is 11.8 Å². The predicted octanol–water partition coefficient (Wildman–Crippen LogP) is 5.26. The fourth-order valence-corrected chi connectivity index (χ4v) is 3.33. The summed E-state index contributed by atoms with van der Waals surface area (Å²) >= 11 is 1.61. The molecule has 1 nitrogen and oxygen atoms in total. The van der Waals surface area contributed by atoms with Gasteiger partial charge >= 0.3 is 0 Å². The van der Waals surface area contributed by atoms with Gasteiger partial charge in [-0.25, -0.2) is 4.39 Å². The van der Waals surface area contributed by atoms with Crippen LogP contribution in [0.15, 0.2) is 29.2 Å². The molecule has 1 aromatic rings. The smallest absolute Gasteiger partial charge is 0.136 e. The molecule has 0 aliphatic carbocycles. The SMILES string of the molecule is CCCCCCCCC(CSc1ccccc1F)NC. The third-order valence-corrected chi connectivity index (χ3v) is 4.80. The van der Waals surface area contributed by atoms with E-state index in [1.165, 1.54) is 51.0 Å². The minimum atomic E-state index is -0.105. The first-order chi connectivity index (χ1) is 9.77. The van der Waals surface area contributed by atoms with Gasteiger partial charge in [0.25, 0.3) is 0 Å². The van der Waals surface area contributed by atoms with E-state index in [1.54, 1.807) is 17.8 Å². The van der Waals surface area contributed by atoms with Crippen LogP contribution in [0.25, 0.3) is 0 Å². The molecule has 0 amide bonds. The fourth-order valence-electron chi connectivity index (χ4n) is 2.23. The molecule has 20 heavy (non-hydrogen) atoms. The van der Waals surface area contributed by atoms with Crippen LogP contribution in [0.3, 0.4) is 0 Å². The van der Waals surface area contributed by atoms with Crippen molar-refractivity contribution in [2.45, 2.75) is 62.8 Å². The second-order valence-corrected chi connectivity index (χ2v) is 6.35. The number of hydrogen-bond acceptors (Lipinski definition) is 2. The number of benzene rings is 1. The third kappa shape index (κ3) is 7.30. The van der Waals surface area contributed by atoms with Gasteiger partial charge < -0.3 is 5.32 Å². The molecule has 1 atom stereocenters. The van der Waals surface area contributed by atoms with Crippen LogP contribution in [-0.2, 0) is 0 Å². The first kappa shape index (κ1) is 17.5. The van der Waals surface area contributed by atoms with Crippen LogP contribution in [0.5, 0.6) is 0 Å². The van der Waals surface area contributed by atoms with Crippen molar-refractivity contribution >= 4 is 11.8 Å². The van der Waals surface area contributed by atoms with Crippen LogP contribution in [0, 0.1) is 5.82 Å². The maximum Gasteiger partial charge on any atom is 0.136 e. The van der Waals surface area contributed by atoms with Gasteiger partial charge in [0.2, 0.25) is 0 Å². The van der Waals surface area contributed by atoms with Crippen molar-refractivity contribution in [3.8, 4) is 0 Å². The molecule has 114 valence electrons. The van der Waals surface area contributed by atoms with E-state index in [2.05, 4.69) is 12.2 Å². The van der Waals surface area contributed by atoms with Crippen LogP contribution in [0.4, 0.5) is 4.39 Å². The minimum absolute atomic E-state index is 0.105. The summed E-state index contributed by atoms with van der Waals surface area (Å²) < 4.78 is 13.5. The summed E-state index contributed by atoms with van der Waals surface area (Å²) in [5.41, 5.74) is 0. The Morgan fingerprint density at radius 2 is 1.80 bits per heavy atom. The van der Waals surface area contributed by atoms with Crippen molar-refractivity contribution < 1.29 is 4.39 Å². The average Bonchev–Trinajstić information content (AvgIpc) is 2.47. The lowest BCUT2D eigenvalue weighted by Crippen LogP contribution is -2.27. The van der Waals surface area contributed by atoms with Gasteiger partial charge in [0.1, 0.15) is 5.82 Å². The van der Waals surface area contributed by atoms with E-state index < -0.39 is 0 Å². The maximum absolute atomic E-state index is 13.5. The largest absolute Gasteiger partial charge is 0.316 e. The zero-order valence-electron chi connectivity index (χ0n) is 12.8. The highest BCUT2D eigenvalue weighted by Gasteiger charge is 2.08. The second-order valence-electron chi connectivity index (χ2n) is 5.28. The third-order valence-electron chi connectivity index (χ3n) is 3.59. The summed E-state index contributed by atoms with van der Waals surface area (Å²) in [4.78, 5) is 0.760. The Bertz CT molecular complexity index is 357. The van der Waals surface area contributed by atoms with Gasteiger partial charge in [0.15, 0.2) is 0 Å². The molecule has 0 bridgehead atoms. The first-order valence-electron chi connectivity index (χ1n) is 7.82. The molecule has 3 heteroatoms. The second kappa shape index (κ2) is 11.2. The summed E-state index contributed by atoms with van der Waals surface area (Å²) in [6.45, 7) is 2.25. The Morgan fingerprint density at radius 3 is 2.50 bits per heavy atom. The lowest BCUT2D eigenvalue weighted by atomic mass is 10.1. The minimum Gasteiger partial charge on any atom is -0.316 e. The van der Waals surface area contributed by atoms with Gasteiger partial charge in [-0.3, -0.25) is 0 Å². The van der Waals surface area contributed by atoms with Gasteiger partial charge in [-0.05, 0) is 25.6 Å². The van der Waals surface area contributed by atoms with Crippen LogP contribution < -0.4 is 5.32 Å². The fraction of sp³-hybridized carbons (Fsp3) is 0.647. The number of thioether (sulfide) groups is 1. The lowest BCUT2D eigenvalue weighted by molar-refractivity contribution is 0.513. The Labute approximate surface area is 127 Å². The van der Waals surface area contributed by atoms with E-state index >= 15 is 0 Å². The molecule has 0 saturated heterocycles. The van der Waals surface area contributed by atoms with E-state index in [0.29, 0.717) is 6.04 Å². The van der Waals surface area contributed by atoms with Gasteiger partial charge in [-0.2, -0.15) is 0 Å². The van der Waals surface area contributed by atoms with Crippen molar-refractivity contribution in [1.82, 2.24) is 5.32 Å². The summed E-state index contributed by atoms with van der Waals surface area (Å²) in [7, 11) is 2.00. The molecular formula is C17H28FNS. The Morgan fingerprint density at radius 1 is 1.10 bits per heavy atom. The zero-order chi connectivity index (χ0) is 14.6. The van der Waals surface area contributed by atoms with Gasteiger partial charge in [-0.1, -0.05) is 57.6 Å². The summed E-state index contributed by atoms with van der Waals surface area (Å²) in [5.74, 6) is 0.832. The van der Waals surface area contributed by atoms with Crippen LogP contribution in [0.1, 0.15) is 51.9 Å². The highest BCUT2D eigenvalue weighted by molar-refractivity contribution is 7.99.